The Morgan fingerprint density at radius 1 is 1.26 bits per heavy atom. The van der Waals surface area contributed by atoms with Gasteiger partial charge in [-0.15, -0.1) is 11.3 Å². The van der Waals surface area contributed by atoms with Crippen molar-refractivity contribution in [3.8, 4) is 17.3 Å². The van der Waals surface area contributed by atoms with Crippen molar-refractivity contribution in [2.45, 2.75) is 18.2 Å². The van der Waals surface area contributed by atoms with Gasteiger partial charge in [0.05, 0.1) is 34.9 Å². The first-order valence-corrected chi connectivity index (χ1v) is 9.99. The number of nitrogens with one attached hydrogen (secondary N) is 2. The van der Waals surface area contributed by atoms with Gasteiger partial charge in [-0.3, -0.25) is 4.72 Å². The number of thiazole rings is 1. The van der Waals surface area contributed by atoms with Crippen LogP contribution in [0.2, 0.25) is 0 Å². The summed E-state index contributed by atoms with van der Waals surface area (Å²) in [5, 5.41) is 17.7. The standard InChI is InChI=1S/C18H14N6OS2/c1-10-3-4-14(17-15(10)13(7-19)8-20-17)24-27(25)18-23-16(11(2)26-18)12-5-6-21-22-9-12/h3-6,8-9,20,24H,1-2H3. The molecule has 4 rings (SSSR count). The molecule has 0 fully saturated rings. The van der Waals surface area contributed by atoms with Gasteiger partial charge in [0.25, 0.3) is 0 Å². The number of benzene rings is 1. The maximum absolute atomic E-state index is 12.9. The van der Waals surface area contributed by atoms with Crippen molar-refractivity contribution in [3.05, 3.63) is 52.8 Å². The number of anilines is 1. The highest BCUT2D eigenvalue weighted by atomic mass is 32.2. The third-order valence-corrected chi connectivity index (χ3v) is 6.44. The molecule has 0 spiro atoms. The molecule has 7 nitrogen and oxygen atoms in total. The van der Waals surface area contributed by atoms with E-state index in [9.17, 15) is 9.47 Å². The predicted molar refractivity (Wildman–Crippen MR) is 106 cm³/mol. The van der Waals surface area contributed by atoms with Gasteiger partial charge in [-0.2, -0.15) is 15.5 Å². The number of hydrogen-bond donors (Lipinski definition) is 2. The molecule has 0 saturated heterocycles. The molecule has 0 aliphatic heterocycles. The number of nitriles is 1. The molecule has 0 saturated carbocycles. The predicted octanol–water partition coefficient (Wildman–Crippen LogP) is 3.70. The third-order valence-electron chi connectivity index (χ3n) is 4.16. The summed E-state index contributed by atoms with van der Waals surface area (Å²) in [5.74, 6) is 0. The Morgan fingerprint density at radius 3 is 2.85 bits per heavy atom. The Labute approximate surface area is 161 Å². The molecule has 3 heterocycles. The van der Waals surface area contributed by atoms with E-state index in [2.05, 4.69) is 31.0 Å². The second-order valence-electron chi connectivity index (χ2n) is 5.88. The van der Waals surface area contributed by atoms with E-state index in [0.29, 0.717) is 15.6 Å². The van der Waals surface area contributed by atoms with Crippen molar-refractivity contribution in [2.75, 3.05) is 4.72 Å². The van der Waals surface area contributed by atoms with Crippen LogP contribution in [0.5, 0.6) is 0 Å². The summed E-state index contributed by atoms with van der Waals surface area (Å²) in [6.07, 6.45) is 4.89. The fraction of sp³-hybridized carbons (Fsp3) is 0.111. The average Bonchev–Trinajstić information content (AvgIpc) is 3.29. The SMILES string of the molecule is Cc1sc(S(=O)Nc2ccc(C)c3c(C#N)c[nH]c23)nc1-c1ccnnc1. The summed E-state index contributed by atoms with van der Waals surface area (Å²) in [4.78, 5) is 8.57. The molecule has 0 bridgehead atoms. The van der Waals surface area contributed by atoms with Crippen LogP contribution >= 0.6 is 11.3 Å². The van der Waals surface area contributed by atoms with Crippen LogP contribution in [0, 0.1) is 25.2 Å². The number of fused-ring (bicyclic) bond motifs is 1. The van der Waals surface area contributed by atoms with Crippen LogP contribution in [0.15, 0.2) is 41.1 Å². The van der Waals surface area contributed by atoms with Gasteiger partial charge in [0.15, 0.2) is 11.0 Å². The number of aryl methyl sites for hydroxylation is 2. The third kappa shape index (κ3) is 3.09. The van der Waals surface area contributed by atoms with Crippen LogP contribution < -0.4 is 4.72 Å². The minimum atomic E-state index is -1.53. The van der Waals surface area contributed by atoms with Crippen LogP contribution in [-0.4, -0.2) is 24.4 Å². The number of H-pyrrole nitrogens is 1. The lowest BCUT2D eigenvalue weighted by atomic mass is 10.1. The van der Waals surface area contributed by atoms with E-state index in [1.54, 1.807) is 18.6 Å². The highest BCUT2D eigenvalue weighted by Gasteiger charge is 2.17. The highest BCUT2D eigenvalue weighted by molar-refractivity contribution is 7.88. The maximum Gasteiger partial charge on any atom is 0.202 e. The van der Waals surface area contributed by atoms with Crippen molar-refractivity contribution in [1.82, 2.24) is 20.2 Å². The monoisotopic (exact) mass is 394 g/mol. The maximum atomic E-state index is 12.9. The van der Waals surface area contributed by atoms with Crippen LogP contribution in [0.25, 0.3) is 22.2 Å². The van der Waals surface area contributed by atoms with Gasteiger partial charge < -0.3 is 4.98 Å². The highest BCUT2D eigenvalue weighted by Crippen LogP contribution is 2.32. The summed E-state index contributed by atoms with van der Waals surface area (Å²) >= 11 is 1.37. The van der Waals surface area contributed by atoms with Gasteiger partial charge in [0, 0.05) is 22.0 Å². The first-order chi connectivity index (χ1) is 13.1. The molecule has 4 aromatic rings. The number of rotatable bonds is 4. The smallest absolute Gasteiger partial charge is 0.202 e. The van der Waals surface area contributed by atoms with E-state index in [1.165, 1.54) is 11.3 Å². The minimum absolute atomic E-state index is 0.472. The Bertz CT molecular complexity index is 1210. The Kier molecular flexibility index (Phi) is 4.43. The Balaban J connectivity index is 1.68. The Morgan fingerprint density at radius 2 is 2.11 bits per heavy atom. The summed E-state index contributed by atoms with van der Waals surface area (Å²) in [5.41, 5.74) is 4.55. The van der Waals surface area contributed by atoms with Crippen molar-refractivity contribution in [1.29, 1.82) is 5.26 Å². The van der Waals surface area contributed by atoms with E-state index >= 15 is 0 Å². The Hall–Kier alpha value is -3.09. The molecule has 0 aliphatic rings. The summed E-state index contributed by atoms with van der Waals surface area (Å²) in [6, 6.07) is 7.75. The molecule has 134 valence electrons. The van der Waals surface area contributed by atoms with Crippen molar-refractivity contribution < 1.29 is 4.21 Å². The molecule has 0 aliphatic carbocycles. The van der Waals surface area contributed by atoms with E-state index < -0.39 is 11.0 Å². The molecule has 2 N–H and O–H groups in total. The summed E-state index contributed by atoms with van der Waals surface area (Å²) < 4.78 is 16.3. The number of aromatic nitrogens is 4. The summed E-state index contributed by atoms with van der Waals surface area (Å²) in [6.45, 7) is 3.87. The van der Waals surface area contributed by atoms with Gasteiger partial charge in [-0.05, 0) is 31.5 Å². The van der Waals surface area contributed by atoms with Crippen LogP contribution in [-0.2, 0) is 11.0 Å². The number of nitrogens with zero attached hydrogens (tertiary/aromatic N) is 4. The molecular weight excluding hydrogens is 380 g/mol. The average molecular weight is 394 g/mol. The van der Waals surface area contributed by atoms with E-state index in [1.807, 2.05) is 32.0 Å². The van der Waals surface area contributed by atoms with Gasteiger partial charge in [-0.1, -0.05) is 6.07 Å². The number of aromatic amines is 1. The second kappa shape index (κ2) is 6.90. The molecule has 9 heteroatoms. The minimum Gasteiger partial charge on any atom is -0.358 e. The van der Waals surface area contributed by atoms with Gasteiger partial charge in [-0.25, -0.2) is 9.19 Å². The quantitative estimate of drug-likeness (QED) is 0.549. The second-order valence-corrected chi connectivity index (χ2v) is 8.47. The van der Waals surface area contributed by atoms with Gasteiger partial charge in [0.2, 0.25) is 4.34 Å². The van der Waals surface area contributed by atoms with Crippen molar-refractivity contribution in [2.24, 2.45) is 0 Å². The molecular formula is C18H14N6OS2. The molecule has 1 atom stereocenters. The fourth-order valence-electron chi connectivity index (χ4n) is 2.89. The van der Waals surface area contributed by atoms with Gasteiger partial charge in [0.1, 0.15) is 6.07 Å². The molecule has 27 heavy (non-hydrogen) atoms. The van der Waals surface area contributed by atoms with Gasteiger partial charge >= 0.3 is 0 Å². The molecule has 1 aromatic carbocycles. The van der Waals surface area contributed by atoms with Crippen LogP contribution in [0.3, 0.4) is 0 Å². The zero-order valence-electron chi connectivity index (χ0n) is 14.5. The lowest BCUT2D eigenvalue weighted by Crippen LogP contribution is -2.05. The molecule has 1 unspecified atom stereocenters. The van der Waals surface area contributed by atoms with Crippen molar-refractivity contribution >= 4 is 38.9 Å². The lowest BCUT2D eigenvalue weighted by Gasteiger charge is -2.07. The van der Waals surface area contributed by atoms with Crippen molar-refractivity contribution in [3.63, 3.8) is 0 Å². The van der Waals surface area contributed by atoms with E-state index in [-0.39, 0.29) is 0 Å². The molecule has 3 aromatic heterocycles. The fourth-order valence-corrected chi connectivity index (χ4v) is 4.98. The first-order valence-electron chi connectivity index (χ1n) is 8.02. The van der Waals surface area contributed by atoms with E-state index in [4.69, 9.17) is 0 Å². The van der Waals surface area contributed by atoms with Crippen LogP contribution in [0.1, 0.15) is 16.0 Å². The lowest BCUT2D eigenvalue weighted by molar-refractivity contribution is 0.686. The summed E-state index contributed by atoms with van der Waals surface area (Å²) in [7, 11) is -1.53. The van der Waals surface area contributed by atoms with E-state index in [0.717, 1.165) is 32.6 Å². The zero-order chi connectivity index (χ0) is 19.0. The topological polar surface area (TPSA) is 107 Å². The molecule has 0 radical (unpaired) electrons. The zero-order valence-corrected chi connectivity index (χ0v) is 16.1. The number of hydrogen-bond acceptors (Lipinski definition) is 6. The normalized spacial score (nSPS) is 12.0. The largest absolute Gasteiger partial charge is 0.358 e. The van der Waals surface area contributed by atoms with Crippen LogP contribution in [0.4, 0.5) is 5.69 Å². The molecule has 0 amide bonds. The first kappa shape index (κ1) is 17.3.